The lowest BCUT2D eigenvalue weighted by Gasteiger charge is -2.05. The first kappa shape index (κ1) is 31.7. The number of rotatable bonds is 0. The quantitative estimate of drug-likeness (QED) is 0.216. The highest BCUT2D eigenvalue weighted by Crippen LogP contribution is 2.24. The van der Waals surface area contributed by atoms with Crippen LogP contribution in [0, 0.1) is 0 Å². The SMILES string of the molecule is [Br-].[Br-].c1ccc2c(c1)n1n[n+]2Cc2ccc(cc2)-c2ccc(cc2)Cn2n[n+](c3ccccc32)Cc2ccc(cc2)-c2ccc(cc2)C1. The van der Waals surface area contributed by atoms with Gasteiger partial charge in [-0.15, -0.1) is 18.7 Å². The fourth-order valence-corrected chi connectivity index (χ4v) is 6.62. The molecule has 48 heavy (non-hydrogen) atoms. The fourth-order valence-electron chi connectivity index (χ4n) is 6.62. The Morgan fingerprint density at radius 1 is 0.375 bits per heavy atom. The maximum Gasteiger partial charge on any atom is 0.198 e. The van der Waals surface area contributed by atoms with Gasteiger partial charge >= 0.3 is 0 Å². The summed E-state index contributed by atoms with van der Waals surface area (Å²) in [6.45, 7) is 2.83. The third-order valence-electron chi connectivity index (χ3n) is 9.12. The van der Waals surface area contributed by atoms with Gasteiger partial charge in [0.05, 0.1) is 10.4 Å². The Labute approximate surface area is 300 Å². The number of fused-ring (bicyclic) bond motifs is 2. The van der Waals surface area contributed by atoms with E-state index in [-0.39, 0.29) is 34.0 Å². The third kappa shape index (κ3) is 5.98. The zero-order valence-corrected chi connectivity index (χ0v) is 29.3. The molecule has 0 atom stereocenters. The second-order valence-corrected chi connectivity index (χ2v) is 12.2. The predicted octanol–water partition coefficient (Wildman–Crippen LogP) is 0.810. The highest BCUT2D eigenvalue weighted by Gasteiger charge is 2.20. The topological polar surface area (TPSA) is 43.4 Å². The van der Waals surface area contributed by atoms with Gasteiger partial charge in [0.15, 0.2) is 22.1 Å². The van der Waals surface area contributed by atoms with Gasteiger partial charge in [0.1, 0.15) is 26.2 Å². The number of aromatic nitrogens is 6. The summed E-state index contributed by atoms with van der Waals surface area (Å²) in [5.74, 6) is 0. The average molecular weight is 757 g/mol. The molecule has 0 saturated heterocycles. The van der Waals surface area contributed by atoms with E-state index in [4.69, 9.17) is 10.4 Å². The summed E-state index contributed by atoms with van der Waals surface area (Å²) in [6, 6.07) is 52.4. The number of benzene rings is 6. The monoisotopic (exact) mass is 754 g/mol. The second-order valence-electron chi connectivity index (χ2n) is 12.2. The summed E-state index contributed by atoms with van der Waals surface area (Å²) in [5, 5.41) is 10.1. The van der Waals surface area contributed by atoms with E-state index >= 15 is 0 Å². The Kier molecular flexibility index (Phi) is 8.77. The number of hydrogen-bond donors (Lipinski definition) is 0. The first-order chi connectivity index (χ1) is 22.7. The minimum atomic E-state index is 0. The van der Waals surface area contributed by atoms with Crippen LogP contribution < -0.4 is 43.3 Å². The number of hydrogen-bond acceptors (Lipinski definition) is 2. The normalized spacial score (nSPS) is 12.3. The first-order valence-electron chi connectivity index (χ1n) is 15.8. The molecule has 0 saturated carbocycles. The Hall–Kier alpha value is -4.92. The molecule has 6 aromatic carbocycles. The molecule has 0 aliphatic carbocycles. The Morgan fingerprint density at radius 3 is 1.04 bits per heavy atom. The lowest BCUT2D eigenvalue weighted by molar-refractivity contribution is -0.724. The van der Waals surface area contributed by atoms with Gasteiger partial charge in [0, 0.05) is 0 Å². The van der Waals surface area contributed by atoms with Crippen molar-refractivity contribution in [1.29, 1.82) is 0 Å². The van der Waals surface area contributed by atoms with E-state index in [0.29, 0.717) is 26.2 Å². The Morgan fingerprint density at radius 2 is 0.688 bits per heavy atom. The maximum atomic E-state index is 5.04. The van der Waals surface area contributed by atoms with Gasteiger partial charge in [-0.2, -0.15) is 0 Å². The molecule has 236 valence electrons. The number of halogens is 2. The van der Waals surface area contributed by atoms with Crippen molar-refractivity contribution in [2.75, 3.05) is 0 Å². The molecule has 0 spiro atoms. The zero-order valence-electron chi connectivity index (χ0n) is 26.1. The summed E-state index contributed by atoms with van der Waals surface area (Å²) in [4.78, 5) is 0. The Balaban J connectivity index is 0.00000182. The second kappa shape index (κ2) is 13.3. The molecular weight excluding hydrogens is 724 g/mol. The molecular formula is C40H32Br2N6. The van der Waals surface area contributed by atoms with Crippen LogP contribution in [0.1, 0.15) is 22.3 Å². The molecule has 0 amide bonds. The molecule has 8 aromatic rings. The van der Waals surface area contributed by atoms with Crippen molar-refractivity contribution in [3.05, 3.63) is 168 Å². The summed E-state index contributed by atoms with van der Waals surface area (Å²) in [5.41, 5.74) is 14.2. The minimum Gasteiger partial charge on any atom is -1.00 e. The van der Waals surface area contributed by atoms with Crippen molar-refractivity contribution in [3.63, 3.8) is 0 Å². The zero-order chi connectivity index (χ0) is 30.5. The average Bonchev–Trinajstić information content (AvgIpc) is 3.63. The lowest BCUT2D eigenvalue weighted by Crippen LogP contribution is -3.00. The van der Waals surface area contributed by atoms with Crippen molar-refractivity contribution in [3.8, 4) is 22.3 Å². The minimum absolute atomic E-state index is 0. The van der Waals surface area contributed by atoms with E-state index in [1.807, 2.05) is 0 Å². The summed E-state index contributed by atoms with van der Waals surface area (Å²) >= 11 is 0. The van der Waals surface area contributed by atoms with Crippen molar-refractivity contribution in [1.82, 2.24) is 19.8 Å². The van der Waals surface area contributed by atoms with Gasteiger partial charge in [-0.25, -0.2) is 0 Å². The number of para-hydroxylation sites is 4. The predicted molar refractivity (Wildman–Crippen MR) is 180 cm³/mol. The van der Waals surface area contributed by atoms with Crippen LogP contribution in [0.25, 0.3) is 44.3 Å². The van der Waals surface area contributed by atoms with Crippen LogP contribution in [-0.4, -0.2) is 19.8 Å². The van der Waals surface area contributed by atoms with E-state index in [1.54, 1.807) is 0 Å². The lowest BCUT2D eigenvalue weighted by atomic mass is 10.0. The highest BCUT2D eigenvalue weighted by atomic mass is 79.9. The van der Waals surface area contributed by atoms with Gasteiger partial charge in [-0.3, -0.25) is 0 Å². The van der Waals surface area contributed by atoms with E-state index in [0.717, 1.165) is 22.1 Å². The summed E-state index contributed by atoms with van der Waals surface area (Å²) < 4.78 is 8.45. The van der Waals surface area contributed by atoms with E-state index in [2.05, 4.69) is 164 Å². The summed E-state index contributed by atoms with van der Waals surface area (Å²) in [7, 11) is 0. The number of nitrogens with zero attached hydrogens (tertiary/aromatic N) is 6. The molecule has 15 rings (SSSR count). The van der Waals surface area contributed by atoms with Gasteiger partial charge in [0.2, 0.25) is 0 Å². The molecule has 0 fully saturated rings. The fraction of sp³-hybridized carbons (Fsp3) is 0.100. The third-order valence-corrected chi connectivity index (χ3v) is 9.12. The van der Waals surface area contributed by atoms with E-state index in [9.17, 15) is 0 Å². The molecule has 9 heterocycles. The smallest absolute Gasteiger partial charge is 0.198 e. The van der Waals surface area contributed by atoms with Crippen LogP contribution in [0.3, 0.4) is 0 Å². The van der Waals surface area contributed by atoms with Crippen LogP contribution in [0.4, 0.5) is 0 Å². The van der Waals surface area contributed by atoms with Crippen molar-refractivity contribution < 1.29 is 43.3 Å². The van der Waals surface area contributed by atoms with Gasteiger partial charge in [-0.1, -0.05) is 121 Å². The van der Waals surface area contributed by atoms with Gasteiger partial charge in [-0.05, 0) is 68.8 Å². The first-order valence-corrected chi connectivity index (χ1v) is 15.8. The van der Waals surface area contributed by atoms with Gasteiger partial charge < -0.3 is 34.0 Å². The Bertz CT molecular complexity index is 2010. The van der Waals surface area contributed by atoms with Crippen LogP contribution in [0.15, 0.2) is 146 Å². The van der Waals surface area contributed by atoms with Gasteiger partial charge in [0.25, 0.3) is 0 Å². The van der Waals surface area contributed by atoms with Crippen molar-refractivity contribution in [2.24, 2.45) is 0 Å². The van der Waals surface area contributed by atoms with Crippen LogP contribution in [0.5, 0.6) is 0 Å². The molecule has 0 N–H and O–H groups in total. The van der Waals surface area contributed by atoms with Crippen LogP contribution in [0.2, 0.25) is 0 Å². The molecule has 6 nitrogen and oxygen atoms in total. The van der Waals surface area contributed by atoms with Crippen molar-refractivity contribution in [2.45, 2.75) is 26.2 Å². The molecule has 8 heteroatoms. The van der Waals surface area contributed by atoms with E-state index in [1.165, 1.54) is 44.5 Å². The molecule has 7 aliphatic heterocycles. The highest BCUT2D eigenvalue weighted by molar-refractivity contribution is 5.72. The van der Waals surface area contributed by atoms with Crippen LogP contribution in [-0.2, 0) is 26.2 Å². The largest absolute Gasteiger partial charge is 1.00 e. The van der Waals surface area contributed by atoms with Crippen LogP contribution >= 0.6 is 0 Å². The molecule has 2 aromatic heterocycles. The molecule has 12 bridgehead atoms. The van der Waals surface area contributed by atoms with Crippen molar-refractivity contribution >= 4 is 22.1 Å². The molecule has 0 unspecified atom stereocenters. The standard InChI is InChI=1S/C40H32N6.2BrH/c1-2-6-38-37(5-1)43-25-29-9-17-33(18-10-29)35-21-13-31(14-22-35)27-45-39-7-3-4-8-40(39)46(42-45)28-32-15-23-36(24-16-32)34-19-11-30(12-20-34)26-44(38)41-43;;/h1-24H,25-28H2;2*1H/q+2;;/p-2. The summed E-state index contributed by atoms with van der Waals surface area (Å²) in [6.07, 6.45) is 0. The molecule has 7 aliphatic rings. The van der Waals surface area contributed by atoms with E-state index < -0.39 is 0 Å². The maximum absolute atomic E-state index is 5.04. The molecule has 0 radical (unpaired) electrons.